The standard InChI is InChI=1S/C12H10FNS/c13-12(10-4-2-1-3-5-10)15-11-6-8-14-9-7-11/h1-9,12H. The minimum atomic E-state index is -1.02. The Morgan fingerprint density at radius 3 is 2.33 bits per heavy atom. The second kappa shape index (κ2) is 4.94. The zero-order valence-corrected chi connectivity index (χ0v) is 8.82. The summed E-state index contributed by atoms with van der Waals surface area (Å²) in [7, 11) is 0. The fourth-order valence-corrected chi connectivity index (χ4v) is 2.02. The lowest BCUT2D eigenvalue weighted by Gasteiger charge is -2.07. The highest BCUT2D eigenvalue weighted by atomic mass is 32.2. The number of hydrogen-bond donors (Lipinski definition) is 0. The maximum atomic E-state index is 13.8. The van der Waals surface area contributed by atoms with Gasteiger partial charge in [0.15, 0.2) is 5.50 Å². The van der Waals surface area contributed by atoms with E-state index in [9.17, 15) is 4.39 Å². The molecule has 0 aliphatic rings. The van der Waals surface area contributed by atoms with Gasteiger partial charge in [-0.25, -0.2) is 4.39 Å². The first-order valence-corrected chi connectivity index (χ1v) is 5.50. The lowest BCUT2D eigenvalue weighted by molar-refractivity contribution is 0.469. The van der Waals surface area contributed by atoms with Gasteiger partial charge >= 0.3 is 0 Å². The lowest BCUT2D eigenvalue weighted by Crippen LogP contribution is -1.85. The van der Waals surface area contributed by atoms with Crippen molar-refractivity contribution in [3.05, 3.63) is 60.4 Å². The number of thioether (sulfide) groups is 1. The summed E-state index contributed by atoms with van der Waals surface area (Å²) in [6.07, 6.45) is 3.33. The molecule has 1 unspecified atom stereocenters. The highest BCUT2D eigenvalue weighted by molar-refractivity contribution is 7.99. The predicted octanol–water partition coefficient (Wildman–Crippen LogP) is 3.84. The fraction of sp³-hybridized carbons (Fsp3) is 0.0833. The van der Waals surface area contributed by atoms with Crippen LogP contribution < -0.4 is 0 Å². The smallest absolute Gasteiger partial charge is 0.175 e. The molecule has 0 fully saturated rings. The molecule has 1 atom stereocenters. The van der Waals surface area contributed by atoms with Crippen molar-refractivity contribution in [3.63, 3.8) is 0 Å². The number of aromatic nitrogens is 1. The molecule has 3 heteroatoms. The van der Waals surface area contributed by atoms with E-state index in [2.05, 4.69) is 4.98 Å². The zero-order chi connectivity index (χ0) is 10.5. The van der Waals surface area contributed by atoms with Crippen LogP contribution in [0.25, 0.3) is 0 Å². The van der Waals surface area contributed by atoms with Gasteiger partial charge in [-0.2, -0.15) is 0 Å². The van der Waals surface area contributed by atoms with Gasteiger partial charge in [-0.3, -0.25) is 4.98 Å². The molecule has 1 aromatic carbocycles. The molecule has 0 spiro atoms. The molecule has 1 nitrogen and oxygen atoms in total. The zero-order valence-electron chi connectivity index (χ0n) is 8.01. The van der Waals surface area contributed by atoms with Crippen LogP contribution in [0.5, 0.6) is 0 Å². The molecule has 1 aromatic heterocycles. The molecule has 1 heterocycles. The summed E-state index contributed by atoms with van der Waals surface area (Å²) in [6, 6.07) is 12.8. The van der Waals surface area contributed by atoms with Gasteiger partial charge in [-0.1, -0.05) is 42.1 Å². The Balaban J connectivity index is 2.08. The summed E-state index contributed by atoms with van der Waals surface area (Å²) < 4.78 is 13.8. The van der Waals surface area contributed by atoms with Crippen LogP contribution in [-0.4, -0.2) is 4.98 Å². The maximum Gasteiger partial charge on any atom is 0.175 e. The SMILES string of the molecule is FC(Sc1ccncc1)c1ccccc1. The molecule has 0 amide bonds. The third-order valence-corrected chi connectivity index (χ3v) is 2.97. The van der Waals surface area contributed by atoms with Gasteiger partial charge in [0.1, 0.15) is 0 Å². The third kappa shape index (κ3) is 2.80. The van der Waals surface area contributed by atoms with Crippen LogP contribution in [0.3, 0.4) is 0 Å². The molecule has 0 saturated heterocycles. The van der Waals surface area contributed by atoms with E-state index in [1.165, 1.54) is 11.8 Å². The van der Waals surface area contributed by atoms with Crippen LogP contribution in [0.1, 0.15) is 11.1 Å². The van der Waals surface area contributed by atoms with E-state index in [0.717, 1.165) is 4.90 Å². The monoisotopic (exact) mass is 219 g/mol. The van der Waals surface area contributed by atoms with Gasteiger partial charge in [0.25, 0.3) is 0 Å². The minimum absolute atomic E-state index is 0.694. The second-order valence-corrected chi connectivity index (χ2v) is 4.15. The number of rotatable bonds is 3. The Bertz CT molecular complexity index is 404. The first kappa shape index (κ1) is 10.2. The van der Waals surface area contributed by atoms with Crippen molar-refractivity contribution in [1.29, 1.82) is 0 Å². The normalized spacial score (nSPS) is 12.3. The molecule has 0 radical (unpaired) electrons. The summed E-state index contributed by atoms with van der Waals surface area (Å²) in [6.45, 7) is 0. The molecule has 0 N–H and O–H groups in total. The second-order valence-electron chi connectivity index (χ2n) is 3.03. The largest absolute Gasteiger partial charge is 0.265 e. The van der Waals surface area contributed by atoms with E-state index in [1.54, 1.807) is 36.7 Å². The van der Waals surface area contributed by atoms with Gasteiger partial charge in [0, 0.05) is 17.3 Å². The summed E-state index contributed by atoms with van der Waals surface area (Å²) in [5, 5.41) is 0. The Hall–Kier alpha value is -1.35. The van der Waals surface area contributed by atoms with E-state index in [0.29, 0.717) is 5.56 Å². The van der Waals surface area contributed by atoms with Gasteiger partial charge < -0.3 is 0 Å². The molecule has 15 heavy (non-hydrogen) atoms. The van der Waals surface area contributed by atoms with Gasteiger partial charge in [-0.05, 0) is 17.7 Å². The first-order valence-electron chi connectivity index (χ1n) is 4.62. The van der Waals surface area contributed by atoms with Crippen LogP contribution in [0.4, 0.5) is 4.39 Å². The average molecular weight is 219 g/mol. The number of nitrogens with zero attached hydrogens (tertiary/aromatic N) is 1. The van der Waals surface area contributed by atoms with Crippen molar-refractivity contribution < 1.29 is 4.39 Å². The van der Waals surface area contributed by atoms with Crippen molar-refractivity contribution in [2.45, 2.75) is 10.4 Å². The minimum Gasteiger partial charge on any atom is -0.265 e. The Kier molecular flexibility index (Phi) is 3.35. The highest BCUT2D eigenvalue weighted by Crippen LogP contribution is 2.35. The van der Waals surface area contributed by atoms with E-state index < -0.39 is 5.50 Å². The predicted molar refractivity (Wildman–Crippen MR) is 60.4 cm³/mol. The van der Waals surface area contributed by atoms with Crippen molar-refractivity contribution in [3.8, 4) is 0 Å². The number of alkyl halides is 1. The van der Waals surface area contributed by atoms with E-state index in [-0.39, 0.29) is 0 Å². The summed E-state index contributed by atoms with van der Waals surface area (Å²) in [5.74, 6) is 0. The first-order chi connectivity index (χ1) is 7.36. The topological polar surface area (TPSA) is 12.9 Å². The molecule has 0 saturated carbocycles. The third-order valence-electron chi connectivity index (χ3n) is 1.95. The molecule has 2 aromatic rings. The molecule has 2 rings (SSSR count). The maximum absolute atomic E-state index is 13.8. The van der Waals surface area contributed by atoms with E-state index in [4.69, 9.17) is 0 Å². The summed E-state index contributed by atoms with van der Waals surface area (Å²) >= 11 is 1.19. The summed E-state index contributed by atoms with van der Waals surface area (Å²) in [5.41, 5.74) is -0.326. The number of benzene rings is 1. The Morgan fingerprint density at radius 2 is 1.67 bits per heavy atom. The Labute approximate surface area is 92.4 Å². The van der Waals surface area contributed by atoms with Crippen molar-refractivity contribution in [2.75, 3.05) is 0 Å². The van der Waals surface area contributed by atoms with Gasteiger partial charge in [0.05, 0.1) is 0 Å². The fourth-order valence-electron chi connectivity index (χ4n) is 1.21. The van der Waals surface area contributed by atoms with Crippen LogP contribution >= 0.6 is 11.8 Å². The number of halogens is 1. The molecule has 0 bridgehead atoms. The van der Waals surface area contributed by atoms with Gasteiger partial charge in [0.2, 0.25) is 0 Å². The quantitative estimate of drug-likeness (QED) is 0.727. The van der Waals surface area contributed by atoms with Crippen LogP contribution in [-0.2, 0) is 0 Å². The molecule has 76 valence electrons. The van der Waals surface area contributed by atoms with E-state index in [1.807, 2.05) is 18.2 Å². The van der Waals surface area contributed by atoms with Crippen molar-refractivity contribution >= 4 is 11.8 Å². The number of pyridine rings is 1. The molecule has 0 aliphatic carbocycles. The molecular formula is C12H10FNS. The van der Waals surface area contributed by atoms with E-state index >= 15 is 0 Å². The van der Waals surface area contributed by atoms with Gasteiger partial charge in [-0.15, -0.1) is 0 Å². The Morgan fingerprint density at radius 1 is 1.00 bits per heavy atom. The summed E-state index contributed by atoms with van der Waals surface area (Å²) in [4.78, 5) is 4.78. The average Bonchev–Trinajstić information content (AvgIpc) is 2.31. The van der Waals surface area contributed by atoms with Crippen LogP contribution in [0.15, 0.2) is 59.8 Å². The van der Waals surface area contributed by atoms with Crippen LogP contribution in [0.2, 0.25) is 0 Å². The van der Waals surface area contributed by atoms with Crippen molar-refractivity contribution in [2.24, 2.45) is 0 Å². The van der Waals surface area contributed by atoms with Crippen molar-refractivity contribution in [1.82, 2.24) is 4.98 Å². The van der Waals surface area contributed by atoms with Crippen LogP contribution in [0, 0.1) is 0 Å². The molecular weight excluding hydrogens is 209 g/mol. The number of hydrogen-bond acceptors (Lipinski definition) is 2. The lowest BCUT2D eigenvalue weighted by atomic mass is 10.2. The molecule has 0 aliphatic heterocycles. The highest BCUT2D eigenvalue weighted by Gasteiger charge is 2.10.